The Hall–Kier alpha value is -1.87. The van der Waals surface area contributed by atoms with Crippen LogP contribution in [0.1, 0.15) is 112 Å². The first-order valence-electron chi connectivity index (χ1n) is 15.4. The van der Waals surface area contributed by atoms with Gasteiger partial charge in [0.25, 0.3) is 0 Å². The Morgan fingerprint density at radius 2 is 1.49 bits per heavy atom. The molecular formula is C34H50O3. The summed E-state index contributed by atoms with van der Waals surface area (Å²) >= 11 is 0. The van der Waals surface area contributed by atoms with Gasteiger partial charge in [0.1, 0.15) is 0 Å². The van der Waals surface area contributed by atoms with Crippen LogP contribution in [0.2, 0.25) is 0 Å². The number of hydrogen-bond acceptors (Lipinski definition) is 3. The van der Waals surface area contributed by atoms with Crippen molar-refractivity contribution in [1.29, 1.82) is 0 Å². The quantitative estimate of drug-likeness (QED) is 0.187. The van der Waals surface area contributed by atoms with Gasteiger partial charge >= 0.3 is 5.97 Å². The fourth-order valence-corrected chi connectivity index (χ4v) is 7.34. The number of carbonyl (C=O) groups is 1. The molecular weight excluding hydrogens is 456 g/mol. The van der Waals surface area contributed by atoms with Crippen LogP contribution in [0.5, 0.6) is 0 Å². The van der Waals surface area contributed by atoms with Gasteiger partial charge in [0.15, 0.2) is 0 Å². The van der Waals surface area contributed by atoms with E-state index in [2.05, 4.69) is 36.9 Å². The lowest BCUT2D eigenvalue weighted by molar-refractivity contribution is -0.137. The van der Waals surface area contributed by atoms with Gasteiger partial charge in [-0.05, 0) is 110 Å². The van der Waals surface area contributed by atoms with Crippen LogP contribution in [-0.2, 0) is 22.4 Å². The van der Waals surface area contributed by atoms with Crippen LogP contribution in [0.15, 0.2) is 43.0 Å². The number of esters is 1. The molecule has 3 saturated carbocycles. The summed E-state index contributed by atoms with van der Waals surface area (Å²) in [6.45, 7) is 4.05. The molecule has 3 aliphatic carbocycles. The first-order valence-corrected chi connectivity index (χ1v) is 15.4. The summed E-state index contributed by atoms with van der Waals surface area (Å²) < 4.78 is 5.25. The van der Waals surface area contributed by atoms with Crippen molar-refractivity contribution in [2.75, 3.05) is 13.2 Å². The summed E-state index contributed by atoms with van der Waals surface area (Å²) in [6.07, 6.45) is 27.0. The highest BCUT2D eigenvalue weighted by Gasteiger charge is 2.28. The SMILES string of the molecule is C=CC(=O)OCCc1cc(C2CCC(/C=C/C3CCC(C4CCCCC4)CC3)CC2)ccc1CCCO. The standard InChI is InChI=1S/C34H50O3/c1-2-34(36)37-24-22-33-25-32(21-20-29(33)9-6-23-35)31-18-14-27(15-19-31)11-10-26-12-16-30(17-13-26)28-7-4-3-5-8-28/h2,10-11,20-21,25-28,30-31,35H,1,3-9,12-19,22-24H2/b11-10+. The molecule has 0 aliphatic heterocycles. The number of rotatable bonds is 11. The average molecular weight is 507 g/mol. The molecule has 0 amide bonds. The van der Waals surface area contributed by atoms with Crippen LogP contribution in [0.25, 0.3) is 0 Å². The third kappa shape index (κ3) is 8.57. The monoisotopic (exact) mass is 506 g/mol. The van der Waals surface area contributed by atoms with Crippen LogP contribution in [0.4, 0.5) is 0 Å². The van der Waals surface area contributed by atoms with E-state index in [0.717, 1.165) is 42.9 Å². The van der Waals surface area contributed by atoms with Gasteiger partial charge in [-0.3, -0.25) is 0 Å². The van der Waals surface area contributed by atoms with Gasteiger partial charge in [-0.15, -0.1) is 0 Å². The Morgan fingerprint density at radius 1 is 0.838 bits per heavy atom. The fraction of sp³-hybridized carbons (Fsp3) is 0.676. The summed E-state index contributed by atoms with van der Waals surface area (Å²) in [6, 6.07) is 6.89. The molecule has 3 fully saturated rings. The highest BCUT2D eigenvalue weighted by molar-refractivity contribution is 5.81. The Balaban J connectivity index is 1.25. The Morgan fingerprint density at radius 3 is 2.14 bits per heavy atom. The van der Waals surface area contributed by atoms with Gasteiger partial charge in [0, 0.05) is 19.1 Å². The number of hydrogen-bond donors (Lipinski definition) is 1. The predicted octanol–water partition coefficient (Wildman–Crippen LogP) is 8.10. The molecule has 0 atom stereocenters. The Labute approximate surface area is 225 Å². The second-order valence-corrected chi connectivity index (χ2v) is 12.0. The second-order valence-electron chi connectivity index (χ2n) is 12.0. The number of aliphatic hydroxyl groups is 1. The zero-order valence-electron chi connectivity index (χ0n) is 23.0. The van der Waals surface area contributed by atoms with E-state index < -0.39 is 0 Å². The van der Waals surface area contributed by atoms with E-state index in [-0.39, 0.29) is 12.6 Å². The number of aliphatic hydroxyl groups excluding tert-OH is 1. The maximum Gasteiger partial charge on any atom is 0.330 e. The van der Waals surface area contributed by atoms with Crippen LogP contribution in [0.3, 0.4) is 0 Å². The van der Waals surface area contributed by atoms with Gasteiger partial charge in [-0.1, -0.05) is 69.0 Å². The maximum absolute atomic E-state index is 11.5. The molecule has 37 heavy (non-hydrogen) atoms. The van der Waals surface area contributed by atoms with Crippen LogP contribution < -0.4 is 0 Å². The van der Waals surface area contributed by atoms with Gasteiger partial charge in [0.05, 0.1) is 6.61 Å². The third-order valence-corrected chi connectivity index (χ3v) is 9.65. The van der Waals surface area contributed by atoms with E-state index in [0.29, 0.717) is 12.5 Å². The van der Waals surface area contributed by atoms with Crippen molar-refractivity contribution in [3.05, 3.63) is 59.7 Å². The first-order chi connectivity index (χ1) is 18.2. The summed E-state index contributed by atoms with van der Waals surface area (Å²) in [5, 5.41) is 9.29. The lowest BCUT2D eigenvalue weighted by Crippen LogP contribution is -2.23. The zero-order valence-corrected chi connectivity index (χ0v) is 23.0. The highest BCUT2D eigenvalue weighted by atomic mass is 16.5. The van der Waals surface area contributed by atoms with Crippen molar-refractivity contribution in [3.8, 4) is 0 Å². The Kier molecular flexibility index (Phi) is 11.3. The molecule has 1 N–H and O–H groups in total. The number of benzene rings is 1. The molecule has 3 nitrogen and oxygen atoms in total. The van der Waals surface area contributed by atoms with Crippen molar-refractivity contribution in [3.63, 3.8) is 0 Å². The van der Waals surface area contributed by atoms with Gasteiger partial charge in [-0.2, -0.15) is 0 Å². The predicted molar refractivity (Wildman–Crippen MR) is 153 cm³/mol. The molecule has 0 saturated heterocycles. The van der Waals surface area contributed by atoms with Crippen molar-refractivity contribution >= 4 is 5.97 Å². The van der Waals surface area contributed by atoms with Crippen molar-refractivity contribution in [1.82, 2.24) is 0 Å². The van der Waals surface area contributed by atoms with Gasteiger partial charge in [-0.25, -0.2) is 4.79 Å². The topological polar surface area (TPSA) is 46.5 Å². The molecule has 0 bridgehead atoms. The minimum atomic E-state index is -0.364. The summed E-state index contributed by atoms with van der Waals surface area (Å²) in [5.41, 5.74) is 3.96. The molecule has 3 aliphatic rings. The smallest absolute Gasteiger partial charge is 0.330 e. The molecule has 1 aromatic rings. The molecule has 0 unspecified atom stereocenters. The van der Waals surface area contributed by atoms with Crippen molar-refractivity contribution in [2.24, 2.45) is 23.7 Å². The van der Waals surface area contributed by atoms with Gasteiger partial charge < -0.3 is 9.84 Å². The van der Waals surface area contributed by atoms with E-state index in [9.17, 15) is 9.90 Å². The molecule has 0 spiro atoms. The second kappa shape index (κ2) is 14.9. The fourth-order valence-electron chi connectivity index (χ4n) is 7.34. The lowest BCUT2D eigenvalue weighted by atomic mass is 9.71. The largest absolute Gasteiger partial charge is 0.462 e. The third-order valence-electron chi connectivity index (χ3n) is 9.65. The maximum atomic E-state index is 11.5. The molecule has 0 radical (unpaired) electrons. The summed E-state index contributed by atoms with van der Waals surface area (Å²) in [4.78, 5) is 11.5. The minimum Gasteiger partial charge on any atom is -0.462 e. The molecule has 1 aromatic carbocycles. The zero-order chi connectivity index (χ0) is 25.9. The van der Waals surface area contributed by atoms with Crippen LogP contribution in [-0.4, -0.2) is 24.3 Å². The number of allylic oxidation sites excluding steroid dienone is 2. The number of carbonyl (C=O) groups excluding carboxylic acids is 1. The average Bonchev–Trinajstić information content (AvgIpc) is 2.96. The van der Waals surface area contributed by atoms with E-state index in [1.807, 2.05) is 0 Å². The normalized spacial score (nSPS) is 27.3. The lowest BCUT2D eigenvalue weighted by Gasteiger charge is -2.35. The van der Waals surface area contributed by atoms with Crippen molar-refractivity contribution in [2.45, 2.75) is 109 Å². The molecule has 0 heterocycles. The number of aryl methyl sites for hydroxylation is 1. The first kappa shape index (κ1) is 28.1. The molecule has 0 aromatic heterocycles. The van der Waals surface area contributed by atoms with Crippen molar-refractivity contribution < 1.29 is 14.6 Å². The molecule has 204 valence electrons. The van der Waals surface area contributed by atoms with E-state index in [1.165, 1.54) is 106 Å². The number of ether oxygens (including phenoxy) is 1. The minimum absolute atomic E-state index is 0.201. The molecule has 4 rings (SSSR count). The van der Waals surface area contributed by atoms with E-state index in [4.69, 9.17) is 4.74 Å². The summed E-state index contributed by atoms with van der Waals surface area (Å²) in [5.74, 6) is 3.89. The van der Waals surface area contributed by atoms with Crippen LogP contribution in [0, 0.1) is 23.7 Å². The highest BCUT2D eigenvalue weighted by Crippen LogP contribution is 2.41. The van der Waals surface area contributed by atoms with E-state index in [1.54, 1.807) is 0 Å². The van der Waals surface area contributed by atoms with Gasteiger partial charge in [0.2, 0.25) is 0 Å². The van der Waals surface area contributed by atoms with E-state index >= 15 is 0 Å². The molecule has 3 heteroatoms. The van der Waals surface area contributed by atoms with Crippen LogP contribution >= 0.6 is 0 Å². The summed E-state index contributed by atoms with van der Waals surface area (Å²) in [7, 11) is 0. The Bertz CT molecular complexity index is 865.